The number of nitrogens with zero attached hydrogens (tertiary/aromatic N) is 1. The molecule has 0 spiro atoms. The lowest BCUT2D eigenvalue weighted by molar-refractivity contribution is -0.137. The van der Waals surface area contributed by atoms with Crippen molar-refractivity contribution in [1.82, 2.24) is 15.8 Å². The third kappa shape index (κ3) is 7.36. The molecule has 10 nitrogen and oxygen atoms in total. The van der Waals surface area contributed by atoms with Crippen LogP contribution >= 0.6 is 15.9 Å². The fraction of sp³-hybridized carbons (Fsp3) is 0.318. The van der Waals surface area contributed by atoms with Crippen molar-refractivity contribution in [3.8, 4) is 17.2 Å². The summed E-state index contributed by atoms with van der Waals surface area (Å²) in [7, 11) is 1.43. The van der Waals surface area contributed by atoms with Gasteiger partial charge in [0.25, 0.3) is 17.7 Å². The Morgan fingerprint density at radius 3 is 2.39 bits per heavy atom. The average molecular weight is 522 g/mol. The summed E-state index contributed by atoms with van der Waals surface area (Å²) >= 11 is 3.31. The number of morpholine rings is 1. The molecule has 0 radical (unpaired) electrons. The molecule has 0 atom stereocenters. The van der Waals surface area contributed by atoms with Gasteiger partial charge in [-0.1, -0.05) is 15.9 Å². The Morgan fingerprint density at radius 2 is 1.70 bits per heavy atom. The number of benzene rings is 2. The van der Waals surface area contributed by atoms with E-state index in [2.05, 4.69) is 26.8 Å². The molecule has 2 aromatic carbocycles. The number of ether oxygens (including phenoxy) is 4. The summed E-state index contributed by atoms with van der Waals surface area (Å²) in [5, 5.41) is 0. The largest absolute Gasteiger partial charge is 0.493 e. The van der Waals surface area contributed by atoms with Crippen molar-refractivity contribution in [2.45, 2.75) is 0 Å². The van der Waals surface area contributed by atoms with Gasteiger partial charge in [-0.15, -0.1) is 0 Å². The van der Waals surface area contributed by atoms with Crippen molar-refractivity contribution in [2.24, 2.45) is 0 Å². The first-order valence-electron chi connectivity index (χ1n) is 10.1. The van der Waals surface area contributed by atoms with Gasteiger partial charge < -0.3 is 23.8 Å². The normalized spacial score (nSPS) is 13.1. The van der Waals surface area contributed by atoms with Gasteiger partial charge in [0, 0.05) is 23.1 Å². The third-order valence-corrected chi connectivity index (χ3v) is 5.17. The summed E-state index contributed by atoms with van der Waals surface area (Å²) in [6.45, 7) is 1.64. The van der Waals surface area contributed by atoms with Gasteiger partial charge in [0.1, 0.15) is 5.75 Å². The number of methoxy groups -OCH3 is 1. The van der Waals surface area contributed by atoms with Crippen molar-refractivity contribution in [3.63, 3.8) is 0 Å². The molecule has 1 aliphatic heterocycles. The van der Waals surface area contributed by atoms with Gasteiger partial charge in [0.05, 0.1) is 20.3 Å². The Morgan fingerprint density at radius 1 is 0.970 bits per heavy atom. The molecule has 1 heterocycles. The van der Waals surface area contributed by atoms with E-state index in [-0.39, 0.29) is 30.4 Å². The molecule has 0 aliphatic carbocycles. The predicted molar refractivity (Wildman–Crippen MR) is 121 cm³/mol. The molecule has 0 saturated carbocycles. The molecule has 2 aromatic rings. The van der Waals surface area contributed by atoms with Crippen LogP contribution in [-0.4, -0.2) is 69.2 Å². The van der Waals surface area contributed by atoms with Gasteiger partial charge in [-0.05, 0) is 42.5 Å². The van der Waals surface area contributed by atoms with Crippen molar-refractivity contribution < 1.29 is 33.3 Å². The van der Waals surface area contributed by atoms with Gasteiger partial charge in [-0.25, -0.2) is 0 Å². The number of hydrogen-bond donors (Lipinski definition) is 2. The molecule has 0 unspecified atom stereocenters. The van der Waals surface area contributed by atoms with Crippen LogP contribution in [0.4, 0.5) is 0 Å². The van der Waals surface area contributed by atoms with Crippen molar-refractivity contribution in [2.75, 3.05) is 46.6 Å². The number of hydrogen-bond acceptors (Lipinski definition) is 7. The minimum absolute atomic E-state index is 0.156. The summed E-state index contributed by atoms with van der Waals surface area (Å²) in [5.41, 5.74) is 4.83. The van der Waals surface area contributed by atoms with Gasteiger partial charge in [-0.2, -0.15) is 0 Å². The smallest absolute Gasteiger partial charge is 0.276 e. The molecule has 1 aliphatic rings. The Balaban J connectivity index is 1.48. The Hall–Kier alpha value is -3.31. The Kier molecular flexibility index (Phi) is 8.90. The van der Waals surface area contributed by atoms with Crippen LogP contribution in [0, 0.1) is 0 Å². The second kappa shape index (κ2) is 12.1. The number of rotatable bonds is 8. The summed E-state index contributed by atoms with van der Waals surface area (Å²) in [6, 6.07) is 11.5. The second-order valence-corrected chi connectivity index (χ2v) is 7.81. The van der Waals surface area contributed by atoms with Crippen LogP contribution in [0.1, 0.15) is 10.4 Å². The molecular weight excluding hydrogens is 498 g/mol. The predicted octanol–water partition coefficient (Wildman–Crippen LogP) is 1.54. The molecule has 1 fully saturated rings. The highest BCUT2D eigenvalue weighted by Gasteiger charge is 2.18. The lowest BCUT2D eigenvalue weighted by atomic mass is 10.2. The number of carbonyl (C=O) groups excluding carboxylic acids is 3. The maximum absolute atomic E-state index is 12.4. The van der Waals surface area contributed by atoms with Crippen LogP contribution in [-0.2, 0) is 14.3 Å². The minimum atomic E-state index is -0.554. The first kappa shape index (κ1) is 24.3. The first-order chi connectivity index (χ1) is 16.0. The maximum atomic E-state index is 12.4. The van der Waals surface area contributed by atoms with Crippen LogP contribution in [0.3, 0.4) is 0 Å². The fourth-order valence-electron chi connectivity index (χ4n) is 2.89. The van der Waals surface area contributed by atoms with E-state index < -0.39 is 11.8 Å². The van der Waals surface area contributed by atoms with E-state index in [9.17, 15) is 14.4 Å². The third-order valence-electron chi connectivity index (χ3n) is 4.64. The summed E-state index contributed by atoms with van der Waals surface area (Å²) in [6.07, 6.45) is 0. The van der Waals surface area contributed by atoms with Gasteiger partial charge >= 0.3 is 0 Å². The van der Waals surface area contributed by atoms with Crippen LogP contribution in [0.2, 0.25) is 0 Å². The number of nitrogens with one attached hydrogen (secondary N) is 2. The van der Waals surface area contributed by atoms with Crippen LogP contribution in [0.5, 0.6) is 17.2 Å². The first-order valence-corrected chi connectivity index (χ1v) is 10.9. The van der Waals surface area contributed by atoms with Crippen molar-refractivity contribution >= 4 is 33.7 Å². The lowest BCUT2D eigenvalue weighted by Crippen LogP contribution is -2.43. The highest BCUT2D eigenvalue weighted by Crippen LogP contribution is 2.28. The van der Waals surface area contributed by atoms with Crippen molar-refractivity contribution in [1.29, 1.82) is 0 Å². The monoisotopic (exact) mass is 521 g/mol. The van der Waals surface area contributed by atoms with E-state index >= 15 is 0 Å². The highest BCUT2D eigenvalue weighted by molar-refractivity contribution is 9.10. The number of amides is 3. The molecule has 2 N–H and O–H groups in total. The van der Waals surface area contributed by atoms with E-state index in [1.807, 2.05) is 0 Å². The van der Waals surface area contributed by atoms with E-state index in [0.717, 1.165) is 4.47 Å². The van der Waals surface area contributed by atoms with Crippen LogP contribution in [0.25, 0.3) is 0 Å². The van der Waals surface area contributed by atoms with Crippen molar-refractivity contribution in [3.05, 3.63) is 52.5 Å². The molecule has 11 heteroatoms. The molecular formula is C22H24BrN3O7. The zero-order chi connectivity index (χ0) is 23.6. The summed E-state index contributed by atoms with van der Waals surface area (Å²) < 4.78 is 22.3. The minimum Gasteiger partial charge on any atom is -0.493 e. The molecule has 3 rings (SSSR count). The van der Waals surface area contributed by atoms with E-state index in [4.69, 9.17) is 18.9 Å². The number of hydrazine groups is 1. The SMILES string of the molecule is COc1cc(C(=O)NNC(=O)COc2ccc(Br)cc2)ccc1OCC(=O)N1CCOCC1. The highest BCUT2D eigenvalue weighted by atomic mass is 79.9. The Bertz CT molecular complexity index is 978. The Labute approximate surface area is 199 Å². The van der Waals surface area contributed by atoms with Crippen LogP contribution < -0.4 is 25.1 Å². The molecule has 176 valence electrons. The number of halogens is 1. The molecule has 0 aromatic heterocycles. The van der Waals surface area contributed by atoms with Gasteiger partial charge in [0.15, 0.2) is 24.7 Å². The molecule has 3 amide bonds. The summed E-state index contributed by atoms with van der Waals surface area (Å²) in [4.78, 5) is 38.2. The number of carbonyl (C=O) groups is 3. The molecule has 1 saturated heterocycles. The van der Waals surface area contributed by atoms with Crippen LogP contribution in [0.15, 0.2) is 46.9 Å². The molecule has 33 heavy (non-hydrogen) atoms. The maximum Gasteiger partial charge on any atom is 0.276 e. The van der Waals surface area contributed by atoms with Gasteiger partial charge in [-0.3, -0.25) is 25.2 Å². The zero-order valence-electron chi connectivity index (χ0n) is 18.0. The van der Waals surface area contributed by atoms with E-state index in [1.54, 1.807) is 29.2 Å². The van der Waals surface area contributed by atoms with E-state index in [1.165, 1.54) is 25.3 Å². The van der Waals surface area contributed by atoms with Gasteiger partial charge in [0.2, 0.25) is 0 Å². The topological polar surface area (TPSA) is 115 Å². The quantitative estimate of drug-likeness (QED) is 0.506. The average Bonchev–Trinajstić information content (AvgIpc) is 2.85. The van der Waals surface area contributed by atoms with E-state index in [0.29, 0.717) is 37.8 Å². The zero-order valence-corrected chi connectivity index (χ0v) is 19.6. The summed E-state index contributed by atoms with van der Waals surface area (Å²) in [5.74, 6) is -0.117. The molecule has 0 bridgehead atoms. The fourth-order valence-corrected chi connectivity index (χ4v) is 3.15. The standard InChI is InChI=1S/C22H24BrN3O7/c1-30-19-12-15(2-7-18(19)33-14-21(28)26-8-10-31-11-9-26)22(29)25-24-20(27)13-32-17-5-3-16(23)4-6-17/h2-7,12H,8-11,13-14H2,1H3,(H,24,27)(H,25,29). The second-order valence-electron chi connectivity index (χ2n) is 6.89. The lowest BCUT2D eigenvalue weighted by Gasteiger charge is -2.26.